The zero-order valence-corrected chi connectivity index (χ0v) is 30.8. The number of hydrogen-bond acceptors (Lipinski definition) is 5. The number of furan rings is 1. The van der Waals surface area contributed by atoms with Crippen LogP contribution in [0.1, 0.15) is 29.0 Å². The smallest absolute Gasteiger partial charge is 0.159 e. The maximum atomic E-state index is 6.73. The molecule has 0 fully saturated rings. The molecule has 0 saturated carbocycles. The first-order valence-corrected chi connectivity index (χ1v) is 19.4. The Morgan fingerprint density at radius 3 is 2.14 bits per heavy atom. The Balaban J connectivity index is 0.902. The number of fused-ring (bicyclic) bond motifs is 9. The Labute approximate surface area is 328 Å². The number of nitrogens with one attached hydrogen (secondary N) is 1. The molecule has 4 heterocycles. The van der Waals surface area contributed by atoms with Gasteiger partial charge >= 0.3 is 0 Å². The summed E-state index contributed by atoms with van der Waals surface area (Å²) in [6.07, 6.45) is 4.99. The van der Waals surface area contributed by atoms with E-state index in [1.54, 1.807) is 0 Å². The van der Waals surface area contributed by atoms with Crippen molar-refractivity contribution in [2.75, 3.05) is 0 Å². The number of amidine groups is 2. The van der Waals surface area contributed by atoms with Gasteiger partial charge < -0.3 is 19.0 Å². The molecule has 1 aliphatic carbocycles. The summed E-state index contributed by atoms with van der Waals surface area (Å²) >= 11 is 0. The third kappa shape index (κ3) is 5.11. The maximum Gasteiger partial charge on any atom is 0.159 e. The summed E-state index contributed by atoms with van der Waals surface area (Å²) in [5.41, 5.74) is 11.7. The third-order valence-corrected chi connectivity index (χ3v) is 11.6. The molecule has 57 heavy (non-hydrogen) atoms. The Bertz CT molecular complexity index is 3170. The molecule has 0 radical (unpaired) electrons. The van der Waals surface area contributed by atoms with Crippen LogP contribution in [0.2, 0.25) is 0 Å². The second kappa shape index (κ2) is 12.5. The summed E-state index contributed by atoms with van der Waals surface area (Å²) in [5, 5.41) is 8.28. The Morgan fingerprint density at radius 2 is 1.35 bits per heavy atom. The first kappa shape index (κ1) is 31.9. The van der Waals surface area contributed by atoms with Gasteiger partial charge in [0.05, 0.1) is 11.0 Å². The van der Waals surface area contributed by atoms with Crippen molar-refractivity contribution in [2.24, 2.45) is 9.98 Å². The van der Waals surface area contributed by atoms with Gasteiger partial charge in [0, 0.05) is 49.8 Å². The van der Waals surface area contributed by atoms with E-state index in [9.17, 15) is 0 Å². The van der Waals surface area contributed by atoms with Crippen molar-refractivity contribution >= 4 is 55.4 Å². The Hall–Kier alpha value is -7.44. The molecular weight excluding hydrogens is 701 g/mol. The van der Waals surface area contributed by atoms with E-state index in [1.165, 1.54) is 27.4 Å². The van der Waals surface area contributed by atoms with Crippen LogP contribution in [-0.4, -0.2) is 22.4 Å². The largest absolute Gasteiger partial charge is 0.461 e. The average molecular weight is 735 g/mol. The summed E-state index contributed by atoms with van der Waals surface area (Å²) in [5.74, 6) is 3.51. The van der Waals surface area contributed by atoms with Crippen LogP contribution in [0.4, 0.5) is 0 Å². The first-order chi connectivity index (χ1) is 28.2. The van der Waals surface area contributed by atoms with Gasteiger partial charge in [-0.05, 0) is 71.7 Å². The van der Waals surface area contributed by atoms with Gasteiger partial charge in [-0.2, -0.15) is 0 Å². The summed E-state index contributed by atoms with van der Waals surface area (Å²) in [6, 6.07) is 57.2. The van der Waals surface area contributed by atoms with Crippen molar-refractivity contribution in [2.45, 2.75) is 18.5 Å². The molecule has 2 aliphatic heterocycles. The zero-order chi connectivity index (χ0) is 37.5. The Morgan fingerprint density at radius 1 is 0.614 bits per heavy atom. The number of aromatic nitrogens is 1. The quantitative estimate of drug-likeness (QED) is 0.191. The van der Waals surface area contributed by atoms with Crippen LogP contribution < -0.4 is 10.1 Å². The number of hydrogen-bond donors (Lipinski definition) is 1. The van der Waals surface area contributed by atoms with E-state index in [-0.39, 0.29) is 12.1 Å². The van der Waals surface area contributed by atoms with Crippen molar-refractivity contribution in [1.29, 1.82) is 0 Å². The van der Waals surface area contributed by atoms with Gasteiger partial charge in [-0.25, -0.2) is 9.98 Å². The lowest BCUT2D eigenvalue weighted by Crippen LogP contribution is -2.40. The van der Waals surface area contributed by atoms with Gasteiger partial charge in [-0.1, -0.05) is 127 Å². The van der Waals surface area contributed by atoms with Gasteiger partial charge in [0.25, 0.3) is 0 Å². The zero-order valence-electron chi connectivity index (χ0n) is 30.8. The van der Waals surface area contributed by atoms with Crippen LogP contribution in [-0.2, 0) is 0 Å². The van der Waals surface area contributed by atoms with Crippen molar-refractivity contribution in [1.82, 2.24) is 9.88 Å². The number of nitrogens with zero attached hydrogens (tertiary/aromatic N) is 3. The lowest BCUT2D eigenvalue weighted by atomic mass is 9.88. The number of ether oxygens (including phenoxy) is 1. The number of benzene rings is 7. The standard InChI is InChI=1S/C51H34N4O2/c1-3-12-31(13-4-1)49-52-50(32-14-5-2-6-15-32)54-51(53-49)34-23-26-40-39-25-22-33(28-46(39)57-47(40)29-34)36-18-11-21-45-48(36)41-30-35(24-27-44(41)56-45)55-42-19-9-7-16-37(42)38-17-8-10-20-43(38)55/h1-25,27-30,40,51H,26H2,(H,52,53,54). The van der Waals surface area contributed by atoms with Crippen LogP contribution in [0.15, 0.2) is 202 Å². The molecule has 2 unspecified atom stereocenters. The summed E-state index contributed by atoms with van der Waals surface area (Å²) in [4.78, 5) is 10.1. The fourth-order valence-electron chi connectivity index (χ4n) is 8.94. The highest BCUT2D eigenvalue weighted by molar-refractivity contribution is 6.15. The van der Waals surface area contributed by atoms with E-state index in [0.29, 0.717) is 5.84 Å². The minimum atomic E-state index is -0.302. The van der Waals surface area contributed by atoms with E-state index in [0.717, 1.165) is 79.2 Å². The van der Waals surface area contributed by atoms with Crippen molar-refractivity contribution < 1.29 is 9.15 Å². The van der Waals surface area contributed by atoms with E-state index in [4.69, 9.17) is 19.1 Å². The molecule has 9 aromatic rings. The average Bonchev–Trinajstić information content (AvgIpc) is 3.95. The molecule has 0 bridgehead atoms. The molecule has 3 aliphatic rings. The molecule has 1 N–H and O–H groups in total. The normalized spacial score (nSPS) is 17.4. The first-order valence-electron chi connectivity index (χ1n) is 19.4. The molecule has 7 aromatic carbocycles. The molecule has 0 saturated heterocycles. The summed E-state index contributed by atoms with van der Waals surface area (Å²) in [6.45, 7) is 0. The molecular formula is C51H34N4O2. The molecule has 6 heteroatoms. The molecule has 6 nitrogen and oxygen atoms in total. The molecule has 2 aromatic heterocycles. The van der Waals surface area contributed by atoms with E-state index in [2.05, 4.69) is 149 Å². The van der Waals surface area contributed by atoms with Crippen LogP contribution in [0.5, 0.6) is 5.75 Å². The second-order valence-electron chi connectivity index (χ2n) is 14.9. The second-order valence-corrected chi connectivity index (χ2v) is 14.9. The minimum Gasteiger partial charge on any atom is -0.461 e. The van der Waals surface area contributed by atoms with Gasteiger partial charge in [0.2, 0.25) is 0 Å². The predicted molar refractivity (Wildman–Crippen MR) is 231 cm³/mol. The molecule has 270 valence electrons. The molecule has 0 spiro atoms. The summed E-state index contributed by atoms with van der Waals surface area (Å²) < 4.78 is 15.6. The highest BCUT2D eigenvalue weighted by Gasteiger charge is 2.34. The predicted octanol–water partition coefficient (Wildman–Crippen LogP) is 11.9. The number of allylic oxidation sites excluding steroid dienone is 2. The Kier molecular flexibility index (Phi) is 7.01. The number of rotatable bonds is 5. The van der Waals surface area contributed by atoms with Gasteiger partial charge in [0.1, 0.15) is 34.7 Å². The fraction of sp³-hybridized carbons (Fsp3) is 0.0588. The van der Waals surface area contributed by atoms with Gasteiger partial charge in [0.15, 0.2) is 5.84 Å². The number of para-hydroxylation sites is 2. The van der Waals surface area contributed by atoms with Crippen molar-refractivity contribution in [3.05, 3.63) is 204 Å². The van der Waals surface area contributed by atoms with Crippen LogP contribution in [0, 0.1) is 0 Å². The van der Waals surface area contributed by atoms with E-state index in [1.807, 2.05) is 36.4 Å². The highest BCUT2D eigenvalue weighted by atomic mass is 16.5. The lowest BCUT2D eigenvalue weighted by molar-refractivity contribution is 0.422. The molecule has 2 atom stereocenters. The minimum absolute atomic E-state index is 0.153. The molecule has 0 amide bonds. The highest BCUT2D eigenvalue weighted by Crippen LogP contribution is 2.48. The van der Waals surface area contributed by atoms with Crippen molar-refractivity contribution in [3.63, 3.8) is 0 Å². The number of aliphatic imine (C=N–C) groups is 2. The van der Waals surface area contributed by atoms with Gasteiger partial charge in [-0.3, -0.25) is 0 Å². The van der Waals surface area contributed by atoms with E-state index >= 15 is 0 Å². The summed E-state index contributed by atoms with van der Waals surface area (Å²) in [7, 11) is 0. The maximum absolute atomic E-state index is 6.73. The lowest BCUT2D eigenvalue weighted by Gasteiger charge is -2.26. The van der Waals surface area contributed by atoms with Crippen LogP contribution in [0.25, 0.3) is 60.6 Å². The van der Waals surface area contributed by atoms with E-state index < -0.39 is 0 Å². The van der Waals surface area contributed by atoms with Crippen LogP contribution in [0.3, 0.4) is 0 Å². The molecule has 12 rings (SSSR count). The fourth-order valence-corrected chi connectivity index (χ4v) is 8.94. The third-order valence-electron chi connectivity index (χ3n) is 11.6. The SMILES string of the molecule is C1=C(C2N=C(c3ccccc3)N=C(c3ccccc3)N2)C=C2Oc3cc(-c4cccc5oc6ccc(-n7c8ccccc8c8ccccc87)cc6c45)ccc3C2C1. The van der Waals surface area contributed by atoms with Crippen molar-refractivity contribution in [3.8, 4) is 22.6 Å². The van der Waals surface area contributed by atoms with Gasteiger partial charge in [-0.15, -0.1) is 0 Å². The monoisotopic (exact) mass is 734 g/mol. The van der Waals surface area contributed by atoms with Crippen LogP contribution >= 0.6 is 0 Å². The topological polar surface area (TPSA) is 64.1 Å².